The highest BCUT2D eigenvalue weighted by molar-refractivity contribution is 7.89. The third-order valence-corrected chi connectivity index (χ3v) is 7.68. The van der Waals surface area contributed by atoms with Crippen LogP contribution in [-0.4, -0.2) is 63.1 Å². The van der Waals surface area contributed by atoms with Crippen LogP contribution in [0.2, 0.25) is 0 Å². The average molecular weight is 445 g/mol. The summed E-state index contributed by atoms with van der Waals surface area (Å²) in [6.07, 6.45) is 3.48. The second-order valence-corrected chi connectivity index (χ2v) is 9.69. The predicted molar refractivity (Wildman–Crippen MR) is 117 cm³/mol. The summed E-state index contributed by atoms with van der Waals surface area (Å²) in [6, 6.07) is 10.8. The van der Waals surface area contributed by atoms with Crippen LogP contribution >= 0.6 is 12.2 Å². The van der Waals surface area contributed by atoms with Gasteiger partial charge in [0.2, 0.25) is 10.0 Å². The quantitative estimate of drug-likeness (QED) is 0.562. The van der Waals surface area contributed by atoms with Crippen molar-refractivity contribution in [3.8, 4) is 11.4 Å². The van der Waals surface area contributed by atoms with Crippen LogP contribution in [0.25, 0.3) is 11.4 Å². The highest BCUT2D eigenvalue weighted by Crippen LogP contribution is 2.19. The van der Waals surface area contributed by atoms with Gasteiger partial charge in [0.05, 0.1) is 11.6 Å². The SMILES string of the molecule is Cc1ccc(S(=O)(=O)N2CCN(Cn3nc(-c4cccnc4)n(C)c3=S)CC2)cc1. The predicted octanol–water partition coefficient (Wildman–Crippen LogP) is 2.29. The number of hydrogen-bond donors (Lipinski definition) is 0. The monoisotopic (exact) mass is 444 g/mol. The van der Waals surface area contributed by atoms with Crippen molar-refractivity contribution in [1.29, 1.82) is 0 Å². The molecule has 0 saturated carbocycles. The smallest absolute Gasteiger partial charge is 0.243 e. The molecule has 0 amide bonds. The largest absolute Gasteiger partial charge is 0.303 e. The molecule has 10 heteroatoms. The number of piperazine rings is 1. The molecule has 4 rings (SSSR count). The van der Waals surface area contributed by atoms with Crippen LogP contribution in [0.5, 0.6) is 0 Å². The molecule has 1 aromatic carbocycles. The number of pyridine rings is 1. The lowest BCUT2D eigenvalue weighted by atomic mass is 10.2. The molecular weight excluding hydrogens is 420 g/mol. The minimum absolute atomic E-state index is 0.342. The van der Waals surface area contributed by atoms with E-state index in [2.05, 4.69) is 15.0 Å². The molecule has 158 valence electrons. The van der Waals surface area contributed by atoms with Gasteiger partial charge in [-0.05, 0) is 43.4 Å². The Balaban J connectivity index is 1.44. The number of aromatic nitrogens is 4. The lowest BCUT2D eigenvalue weighted by molar-refractivity contribution is 0.144. The molecule has 0 radical (unpaired) electrons. The lowest BCUT2D eigenvalue weighted by Crippen LogP contribution is -2.48. The Morgan fingerprint density at radius 1 is 1.07 bits per heavy atom. The van der Waals surface area contributed by atoms with Gasteiger partial charge in [-0.2, -0.15) is 9.40 Å². The van der Waals surface area contributed by atoms with Crippen molar-refractivity contribution in [2.75, 3.05) is 26.2 Å². The highest BCUT2D eigenvalue weighted by atomic mass is 32.2. The Bertz CT molecular complexity index is 1180. The molecule has 0 unspecified atom stereocenters. The zero-order valence-electron chi connectivity index (χ0n) is 17.0. The van der Waals surface area contributed by atoms with Crippen molar-refractivity contribution < 1.29 is 8.42 Å². The number of hydrogen-bond acceptors (Lipinski definition) is 6. The third-order valence-electron chi connectivity index (χ3n) is 5.28. The lowest BCUT2D eigenvalue weighted by Gasteiger charge is -2.33. The van der Waals surface area contributed by atoms with Gasteiger partial charge in [0, 0.05) is 51.2 Å². The molecule has 1 aliphatic heterocycles. The normalized spacial score (nSPS) is 16.1. The van der Waals surface area contributed by atoms with E-state index in [0.29, 0.717) is 42.5 Å². The number of sulfonamides is 1. The van der Waals surface area contributed by atoms with Crippen LogP contribution in [-0.2, 0) is 23.7 Å². The van der Waals surface area contributed by atoms with E-state index in [9.17, 15) is 8.42 Å². The van der Waals surface area contributed by atoms with E-state index in [-0.39, 0.29) is 0 Å². The van der Waals surface area contributed by atoms with E-state index in [1.165, 1.54) is 0 Å². The molecule has 2 aromatic heterocycles. The van der Waals surface area contributed by atoms with Gasteiger partial charge in [-0.15, -0.1) is 0 Å². The van der Waals surface area contributed by atoms with Crippen LogP contribution in [0.3, 0.4) is 0 Å². The molecular formula is C20H24N6O2S2. The van der Waals surface area contributed by atoms with E-state index in [0.717, 1.165) is 17.0 Å². The van der Waals surface area contributed by atoms with Crippen LogP contribution < -0.4 is 0 Å². The van der Waals surface area contributed by atoms with Gasteiger partial charge < -0.3 is 4.57 Å². The van der Waals surface area contributed by atoms with Gasteiger partial charge >= 0.3 is 0 Å². The summed E-state index contributed by atoms with van der Waals surface area (Å²) in [4.78, 5) is 6.65. The Labute approximate surface area is 181 Å². The Morgan fingerprint density at radius 3 is 2.40 bits per heavy atom. The van der Waals surface area contributed by atoms with Crippen LogP contribution in [0.4, 0.5) is 0 Å². The standard InChI is InChI=1S/C20H24N6O2S2/c1-16-5-7-18(8-6-16)30(27,28)25-12-10-24(11-13-25)15-26-20(29)23(2)19(22-26)17-4-3-9-21-14-17/h3-9,14H,10-13,15H2,1-2H3. The Kier molecular flexibility index (Phi) is 5.83. The molecule has 0 N–H and O–H groups in total. The topological polar surface area (TPSA) is 76.3 Å². The van der Waals surface area contributed by atoms with Gasteiger partial charge in [0.25, 0.3) is 0 Å². The Hall–Kier alpha value is -2.40. The third kappa shape index (κ3) is 4.08. The fourth-order valence-corrected chi connectivity index (χ4v) is 5.09. The van der Waals surface area contributed by atoms with Gasteiger partial charge in [-0.3, -0.25) is 9.88 Å². The average Bonchev–Trinajstić information content (AvgIpc) is 3.03. The second kappa shape index (κ2) is 8.38. The summed E-state index contributed by atoms with van der Waals surface area (Å²) in [5.41, 5.74) is 1.94. The van der Waals surface area contributed by atoms with Crippen molar-refractivity contribution in [3.63, 3.8) is 0 Å². The fraction of sp³-hybridized carbons (Fsp3) is 0.350. The summed E-state index contributed by atoms with van der Waals surface area (Å²) in [5.74, 6) is 0.758. The maximum absolute atomic E-state index is 12.9. The van der Waals surface area contributed by atoms with Crippen LogP contribution in [0.15, 0.2) is 53.7 Å². The second-order valence-electron chi connectivity index (χ2n) is 7.38. The highest BCUT2D eigenvalue weighted by Gasteiger charge is 2.28. The van der Waals surface area contributed by atoms with E-state index >= 15 is 0 Å². The molecule has 1 aliphatic rings. The van der Waals surface area contributed by atoms with Crippen molar-refractivity contribution in [3.05, 3.63) is 59.1 Å². The summed E-state index contributed by atoms with van der Waals surface area (Å²) in [5, 5.41) is 4.66. The van der Waals surface area contributed by atoms with Crippen molar-refractivity contribution in [2.24, 2.45) is 7.05 Å². The Morgan fingerprint density at radius 2 is 1.77 bits per heavy atom. The molecule has 3 heterocycles. The number of benzene rings is 1. The molecule has 3 aromatic rings. The van der Waals surface area contributed by atoms with Crippen molar-refractivity contribution in [1.82, 2.24) is 28.5 Å². The molecule has 0 aliphatic carbocycles. The van der Waals surface area contributed by atoms with Gasteiger partial charge in [-0.1, -0.05) is 17.7 Å². The number of rotatable bonds is 5. The molecule has 0 atom stereocenters. The summed E-state index contributed by atoms with van der Waals surface area (Å²) >= 11 is 5.55. The zero-order valence-corrected chi connectivity index (χ0v) is 18.6. The molecule has 0 bridgehead atoms. The van der Waals surface area contributed by atoms with Gasteiger partial charge in [-0.25, -0.2) is 13.1 Å². The summed E-state index contributed by atoms with van der Waals surface area (Å²) in [7, 11) is -1.58. The molecule has 30 heavy (non-hydrogen) atoms. The summed E-state index contributed by atoms with van der Waals surface area (Å²) in [6.45, 7) is 4.57. The van der Waals surface area contributed by atoms with Crippen LogP contribution in [0.1, 0.15) is 5.56 Å². The van der Waals surface area contributed by atoms with E-state index in [4.69, 9.17) is 12.2 Å². The van der Waals surface area contributed by atoms with Crippen LogP contribution in [0, 0.1) is 11.7 Å². The minimum atomic E-state index is -3.47. The first-order valence-corrected chi connectivity index (χ1v) is 11.5. The molecule has 0 spiro atoms. The molecule has 1 fully saturated rings. The first kappa shape index (κ1) is 20.9. The van der Waals surface area contributed by atoms with E-state index in [1.807, 2.05) is 42.8 Å². The van der Waals surface area contributed by atoms with E-state index < -0.39 is 10.0 Å². The first-order valence-electron chi connectivity index (χ1n) is 9.69. The maximum Gasteiger partial charge on any atom is 0.243 e. The maximum atomic E-state index is 12.9. The van der Waals surface area contributed by atoms with Gasteiger partial charge in [0.1, 0.15) is 0 Å². The van der Waals surface area contributed by atoms with Crippen molar-refractivity contribution in [2.45, 2.75) is 18.5 Å². The minimum Gasteiger partial charge on any atom is -0.303 e. The molecule has 8 nitrogen and oxygen atoms in total. The molecule has 1 saturated heterocycles. The van der Waals surface area contributed by atoms with E-state index in [1.54, 1.807) is 33.5 Å². The fourth-order valence-electron chi connectivity index (χ4n) is 3.49. The number of aryl methyl sites for hydroxylation is 1. The van der Waals surface area contributed by atoms with Gasteiger partial charge in [0.15, 0.2) is 10.6 Å². The zero-order chi connectivity index (χ0) is 21.3. The number of nitrogens with zero attached hydrogens (tertiary/aromatic N) is 6. The van der Waals surface area contributed by atoms with Crippen molar-refractivity contribution >= 4 is 22.2 Å². The summed E-state index contributed by atoms with van der Waals surface area (Å²) < 4.78 is 31.6. The first-order chi connectivity index (χ1) is 14.4.